The van der Waals surface area contributed by atoms with Gasteiger partial charge in [-0.1, -0.05) is 24.3 Å². The Hall–Kier alpha value is -1.55. The third-order valence-electron chi connectivity index (χ3n) is 5.20. The van der Waals surface area contributed by atoms with E-state index in [2.05, 4.69) is 39.5 Å². The molecule has 0 amide bonds. The van der Waals surface area contributed by atoms with E-state index >= 15 is 0 Å². The number of benzene rings is 1. The van der Waals surface area contributed by atoms with Crippen molar-refractivity contribution < 1.29 is 4.74 Å². The van der Waals surface area contributed by atoms with Gasteiger partial charge < -0.3 is 15.0 Å². The summed E-state index contributed by atoms with van der Waals surface area (Å²) in [5, 5.41) is 3.62. The fraction of sp³-hybridized carbons (Fsp3) is 0.632. The third-order valence-corrected chi connectivity index (χ3v) is 5.20. The Morgan fingerprint density at radius 1 is 1.35 bits per heavy atom. The van der Waals surface area contributed by atoms with Crippen LogP contribution in [0.25, 0.3) is 0 Å². The first-order valence-corrected chi connectivity index (χ1v) is 8.84. The molecule has 1 aliphatic carbocycles. The van der Waals surface area contributed by atoms with Crippen LogP contribution in [-0.2, 0) is 11.2 Å². The minimum Gasteiger partial charge on any atom is -0.384 e. The van der Waals surface area contributed by atoms with Crippen molar-refractivity contribution in [3.05, 3.63) is 35.4 Å². The fourth-order valence-corrected chi connectivity index (χ4v) is 4.01. The summed E-state index contributed by atoms with van der Waals surface area (Å²) in [5.41, 5.74) is 3.06. The number of aryl methyl sites for hydroxylation is 1. The second kappa shape index (κ2) is 7.82. The number of hydrogen-bond acceptors (Lipinski definition) is 2. The number of ether oxygens (including phenoxy) is 1. The van der Waals surface area contributed by atoms with E-state index in [-0.39, 0.29) is 0 Å². The van der Waals surface area contributed by atoms with Gasteiger partial charge in [0.05, 0.1) is 6.61 Å². The highest BCUT2D eigenvalue weighted by atomic mass is 16.5. The highest BCUT2D eigenvalue weighted by Gasteiger charge is 2.26. The van der Waals surface area contributed by atoms with Crippen molar-refractivity contribution in [3.63, 3.8) is 0 Å². The second-order valence-electron chi connectivity index (χ2n) is 6.77. The van der Waals surface area contributed by atoms with E-state index in [0.29, 0.717) is 11.8 Å². The Bertz CT molecular complexity index is 543. The molecule has 1 saturated heterocycles. The highest BCUT2D eigenvalue weighted by Crippen LogP contribution is 2.30. The number of nitrogens with one attached hydrogen (secondary N) is 1. The van der Waals surface area contributed by atoms with E-state index in [0.717, 1.165) is 32.2 Å². The van der Waals surface area contributed by atoms with Gasteiger partial charge in [0.25, 0.3) is 0 Å². The zero-order chi connectivity index (χ0) is 16.1. The molecule has 0 aromatic heterocycles. The summed E-state index contributed by atoms with van der Waals surface area (Å²) in [6, 6.07) is 8.91. The molecule has 4 heteroatoms. The van der Waals surface area contributed by atoms with Crippen LogP contribution < -0.4 is 5.32 Å². The van der Waals surface area contributed by atoms with Crippen molar-refractivity contribution in [3.8, 4) is 0 Å². The lowest BCUT2D eigenvalue weighted by Gasteiger charge is -2.28. The van der Waals surface area contributed by atoms with Crippen LogP contribution in [0.5, 0.6) is 0 Å². The number of hydrogen-bond donors (Lipinski definition) is 1. The minimum absolute atomic E-state index is 0.606. The van der Waals surface area contributed by atoms with E-state index in [9.17, 15) is 0 Å². The molecule has 0 radical (unpaired) electrons. The van der Waals surface area contributed by atoms with Gasteiger partial charge in [-0.15, -0.1) is 0 Å². The molecule has 1 aromatic carbocycles. The molecule has 1 fully saturated rings. The lowest BCUT2D eigenvalue weighted by molar-refractivity contribution is 0.157. The first kappa shape index (κ1) is 16.3. The van der Waals surface area contributed by atoms with Crippen LogP contribution in [0.15, 0.2) is 29.3 Å². The van der Waals surface area contributed by atoms with Gasteiger partial charge in [-0.2, -0.15) is 0 Å². The van der Waals surface area contributed by atoms with Crippen LogP contribution in [0.3, 0.4) is 0 Å². The van der Waals surface area contributed by atoms with E-state index in [1.807, 2.05) is 7.05 Å². The Labute approximate surface area is 139 Å². The van der Waals surface area contributed by atoms with Crippen LogP contribution in [0.2, 0.25) is 0 Å². The maximum Gasteiger partial charge on any atom is 0.193 e. The number of rotatable bonds is 4. The zero-order valence-corrected chi connectivity index (χ0v) is 14.4. The van der Waals surface area contributed by atoms with Crippen LogP contribution >= 0.6 is 0 Å². The van der Waals surface area contributed by atoms with E-state index in [4.69, 9.17) is 4.74 Å². The lowest BCUT2D eigenvalue weighted by Crippen LogP contribution is -2.42. The molecule has 23 heavy (non-hydrogen) atoms. The highest BCUT2D eigenvalue weighted by molar-refractivity contribution is 5.80. The summed E-state index contributed by atoms with van der Waals surface area (Å²) < 4.78 is 5.29. The van der Waals surface area contributed by atoms with Crippen molar-refractivity contribution in [1.82, 2.24) is 10.2 Å². The number of aliphatic imine (C=N–C) groups is 1. The molecule has 2 aliphatic rings. The van der Waals surface area contributed by atoms with E-state index < -0.39 is 0 Å². The molecule has 0 spiro atoms. The summed E-state index contributed by atoms with van der Waals surface area (Å²) in [6.07, 6.45) is 4.99. The van der Waals surface area contributed by atoms with Crippen LogP contribution in [-0.4, -0.2) is 51.3 Å². The number of likely N-dealkylation sites (tertiary alicyclic amines) is 1. The predicted octanol–water partition coefficient (Wildman–Crippen LogP) is 2.65. The summed E-state index contributed by atoms with van der Waals surface area (Å²) >= 11 is 0. The van der Waals surface area contributed by atoms with Crippen molar-refractivity contribution in [2.45, 2.75) is 31.6 Å². The molecular formula is C19H29N3O. The Balaban J connectivity index is 1.57. The van der Waals surface area contributed by atoms with Gasteiger partial charge >= 0.3 is 0 Å². The van der Waals surface area contributed by atoms with Gasteiger partial charge in [0.1, 0.15) is 0 Å². The van der Waals surface area contributed by atoms with Crippen molar-refractivity contribution in [2.75, 3.05) is 40.4 Å². The molecule has 0 saturated carbocycles. The van der Waals surface area contributed by atoms with Gasteiger partial charge in [0.2, 0.25) is 0 Å². The summed E-state index contributed by atoms with van der Waals surface area (Å²) in [7, 11) is 3.68. The Morgan fingerprint density at radius 3 is 3.04 bits per heavy atom. The monoisotopic (exact) mass is 315 g/mol. The topological polar surface area (TPSA) is 36.9 Å². The molecule has 2 atom stereocenters. The molecule has 1 aliphatic heterocycles. The Kier molecular flexibility index (Phi) is 5.55. The van der Waals surface area contributed by atoms with E-state index in [1.54, 1.807) is 7.11 Å². The molecule has 1 N–H and O–H groups in total. The van der Waals surface area contributed by atoms with Gasteiger partial charge in [-0.05, 0) is 36.8 Å². The first-order chi connectivity index (χ1) is 11.3. The molecule has 4 nitrogen and oxygen atoms in total. The Morgan fingerprint density at radius 2 is 2.22 bits per heavy atom. The molecule has 126 valence electrons. The fourth-order valence-electron chi connectivity index (χ4n) is 4.01. The number of methoxy groups -OCH3 is 1. The zero-order valence-electron chi connectivity index (χ0n) is 14.4. The van der Waals surface area contributed by atoms with Gasteiger partial charge in [-0.3, -0.25) is 4.99 Å². The normalized spacial score (nSPS) is 24.6. The standard InChI is InChI=1S/C19H29N3O/c1-20-19(22-11-10-15(13-22)14-23-2)21-12-17-8-5-7-16-6-3-4-9-18(16)17/h3-4,6,9,15,17H,5,7-8,10-14H2,1-2H3,(H,20,21). The third kappa shape index (κ3) is 3.86. The molecule has 1 heterocycles. The largest absolute Gasteiger partial charge is 0.384 e. The molecular weight excluding hydrogens is 286 g/mol. The quantitative estimate of drug-likeness (QED) is 0.685. The maximum atomic E-state index is 5.29. The van der Waals surface area contributed by atoms with E-state index in [1.165, 1.54) is 36.8 Å². The van der Waals surface area contributed by atoms with Crippen LogP contribution in [0, 0.1) is 5.92 Å². The maximum absolute atomic E-state index is 5.29. The number of guanidine groups is 1. The molecule has 3 rings (SSSR count). The summed E-state index contributed by atoms with van der Waals surface area (Å²) in [4.78, 5) is 6.87. The van der Waals surface area contributed by atoms with Crippen molar-refractivity contribution >= 4 is 5.96 Å². The molecule has 0 bridgehead atoms. The SMILES string of the molecule is CN=C(NCC1CCCc2ccccc21)N1CCC(COC)C1. The van der Waals surface area contributed by atoms with Crippen molar-refractivity contribution in [2.24, 2.45) is 10.9 Å². The predicted molar refractivity (Wildman–Crippen MR) is 95.0 cm³/mol. The van der Waals surface area contributed by atoms with Gasteiger partial charge in [0, 0.05) is 45.6 Å². The minimum atomic E-state index is 0.606. The summed E-state index contributed by atoms with van der Waals surface area (Å²) in [6.45, 7) is 3.96. The average molecular weight is 315 g/mol. The first-order valence-electron chi connectivity index (χ1n) is 8.84. The number of nitrogens with zero attached hydrogens (tertiary/aromatic N) is 2. The molecule has 2 unspecified atom stereocenters. The molecule has 1 aromatic rings. The second-order valence-corrected chi connectivity index (χ2v) is 6.77. The van der Waals surface area contributed by atoms with Gasteiger partial charge in [0.15, 0.2) is 5.96 Å². The van der Waals surface area contributed by atoms with Crippen LogP contribution in [0.1, 0.15) is 36.3 Å². The number of fused-ring (bicyclic) bond motifs is 1. The lowest BCUT2D eigenvalue weighted by atomic mass is 9.83. The summed E-state index contributed by atoms with van der Waals surface area (Å²) in [5.74, 6) is 2.29. The van der Waals surface area contributed by atoms with Gasteiger partial charge in [-0.25, -0.2) is 0 Å². The van der Waals surface area contributed by atoms with Crippen LogP contribution in [0.4, 0.5) is 0 Å². The van der Waals surface area contributed by atoms with Crippen molar-refractivity contribution in [1.29, 1.82) is 0 Å². The smallest absolute Gasteiger partial charge is 0.193 e. The average Bonchev–Trinajstić information content (AvgIpc) is 3.04.